The SMILES string of the molecule is CC1=NC(C)(C(C)O)C=C1. The van der Waals surface area contributed by atoms with E-state index in [2.05, 4.69) is 4.99 Å². The topological polar surface area (TPSA) is 32.6 Å². The van der Waals surface area contributed by atoms with Crippen molar-refractivity contribution >= 4 is 5.71 Å². The minimum atomic E-state index is -0.402. The molecule has 0 radical (unpaired) electrons. The first-order chi connectivity index (χ1) is 4.54. The monoisotopic (exact) mass is 139 g/mol. The normalized spacial score (nSPS) is 34.2. The molecule has 0 aromatic heterocycles. The summed E-state index contributed by atoms with van der Waals surface area (Å²) in [5, 5.41) is 9.27. The van der Waals surface area contributed by atoms with Gasteiger partial charge in [-0.05, 0) is 26.8 Å². The molecule has 56 valence electrons. The van der Waals surface area contributed by atoms with Crippen LogP contribution in [0, 0.1) is 0 Å². The molecule has 2 nitrogen and oxygen atoms in total. The van der Waals surface area contributed by atoms with Crippen molar-refractivity contribution in [1.82, 2.24) is 0 Å². The van der Waals surface area contributed by atoms with Gasteiger partial charge in [-0.2, -0.15) is 0 Å². The third-order valence-corrected chi connectivity index (χ3v) is 1.93. The van der Waals surface area contributed by atoms with Crippen molar-refractivity contribution < 1.29 is 5.11 Å². The molecular weight excluding hydrogens is 126 g/mol. The number of aliphatic hydroxyl groups excluding tert-OH is 1. The van der Waals surface area contributed by atoms with E-state index in [1.807, 2.05) is 26.0 Å². The molecule has 2 unspecified atom stereocenters. The molecule has 1 heterocycles. The van der Waals surface area contributed by atoms with Crippen LogP contribution in [0.2, 0.25) is 0 Å². The number of allylic oxidation sites excluding steroid dienone is 1. The van der Waals surface area contributed by atoms with Gasteiger partial charge in [0.05, 0.1) is 6.10 Å². The van der Waals surface area contributed by atoms with Crippen molar-refractivity contribution in [3.63, 3.8) is 0 Å². The van der Waals surface area contributed by atoms with E-state index in [4.69, 9.17) is 0 Å². The van der Waals surface area contributed by atoms with Crippen molar-refractivity contribution in [3.05, 3.63) is 12.2 Å². The van der Waals surface area contributed by atoms with Crippen LogP contribution in [0.5, 0.6) is 0 Å². The van der Waals surface area contributed by atoms with Crippen LogP contribution in [0.15, 0.2) is 17.1 Å². The van der Waals surface area contributed by atoms with E-state index in [0.717, 1.165) is 5.71 Å². The summed E-state index contributed by atoms with van der Waals surface area (Å²) < 4.78 is 0. The molecule has 10 heavy (non-hydrogen) atoms. The Bertz CT molecular complexity index is 193. The van der Waals surface area contributed by atoms with Gasteiger partial charge < -0.3 is 5.11 Å². The Morgan fingerprint density at radius 2 is 2.30 bits per heavy atom. The molecule has 0 aliphatic carbocycles. The van der Waals surface area contributed by atoms with Crippen molar-refractivity contribution in [1.29, 1.82) is 0 Å². The molecule has 0 saturated heterocycles. The number of aliphatic hydroxyl groups is 1. The van der Waals surface area contributed by atoms with Crippen molar-refractivity contribution in [2.45, 2.75) is 32.4 Å². The zero-order valence-electron chi connectivity index (χ0n) is 6.63. The van der Waals surface area contributed by atoms with Crippen LogP contribution >= 0.6 is 0 Å². The minimum absolute atomic E-state index is 0.371. The fourth-order valence-corrected chi connectivity index (χ4v) is 0.977. The Morgan fingerprint density at radius 1 is 1.70 bits per heavy atom. The lowest BCUT2D eigenvalue weighted by molar-refractivity contribution is 0.139. The largest absolute Gasteiger partial charge is 0.391 e. The van der Waals surface area contributed by atoms with E-state index in [0.29, 0.717) is 0 Å². The van der Waals surface area contributed by atoms with Gasteiger partial charge in [-0.15, -0.1) is 0 Å². The average molecular weight is 139 g/mol. The Balaban J connectivity index is 2.84. The first-order valence-corrected chi connectivity index (χ1v) is 3.48. The number of hydrogen-bond acceptors (Lipinski definition) is 2. The van der Waals surface area contributed by atoms with Gasteiger partial charge in [0.25, 0.3) is 0 Å². The fraction of sp³-hybridized carbons (Fsp3) is 0.625. The van der Waals surface area contributed by atoms with Gasteiger partial charge >= 0.3 is 0 Å². The summed E-state index contributed by atoms with van der Waals surface area (Å²) >= 11 is 0. The number of aliphatic imine (C=N–C) groups is 1. The van der Waals surface area contributed by atoms with Crippen LogP contribution in [0.3, 0.4) is 0 Å². The highest BCUT2D eigenvalue weighted by Crippen LogP contribution is 2.22. The van der Waals surface area contributed by atoms with Gasteiger partial charge in [0, 0.05) is 5.71 Å². The van der Waals surface area contributed by atoms with Gasteiger partial charge in [-0.1, -0.05) is 6.08 Å². The van der Waals surface area contributed by atoms with Crippen LogP contribution in [0.1, 0.15) is 20.8 Å². The zero-order chi connectivity index (χ0) is 7.78. The van der Waals surface area contributed by atoms with Crippen LogP contribution in [0.4, 0.5) is 0 Å². The van der Waals surface area contributed by atoms with Crippen molar-refractivity contribution in [2.75, 3.05) is 0 Å². The molecule has 0 aromatic rings. The lowest BCUT2D eigenvalue weighted by Crippen LogP contribution is -2.31. The van der Waals surface area contributed by atoms with Crippen LogP contribution < -0.4 is 0 Å². The third kappa shape index (κ3) is 1.12. The zero-order valence-corrected chi connectivity index (χ0v) is 6.63. The number of hydrogen-bond donors (Lipinski definition) is 1. The summed E-state index contributed by atoms with van der Waals surface area (Å²) in [6.07, 6.45) is 3.47. The molecule has 1 aliphatic rings. The molecule has 1 N–H and O–H groups in total. The van der Waals surface area contributed by atoms with Crippen molar-refractivity contribution in [2.24, 2.45) is 4.99 Å². The van der Waals surface area contributed by atoms with Crippen LogP contribution in [-0.2, 0) is 0 Å². The lowest BCUT2D eigenvalue weighted by Gasteiger charge is -2.21. The molecule has 2 heteroatoms. The smallest absolute Gasteiger partial charge is 0.102 e. The van der Waals surface area contributed by atoms with Crippen molar-refractivity contribution in [3.8, 4) is 0 Å². The average Bonchev–Trinajstić information content (AvgIpc) is 2.13. The molecular formula is C8H13NO. The highest BCUT2D eigenvalue weighted by molar-refractivity contribution is 5.95. The summed E-state index contributed by atoms with van der Waals surface area (Å²) in [7, 11) is 0. The molecule has 1 aliphatic heterocycles. The number of nitrogens with zero attached hydrogens (tertiary/aromatic N) is 1. The van der Waals surface area contributed by atoms with Gasteiger partial charge in [0.15, 0.2) is 0 Å². The second-order valence-corrected chi connectivity index (χ2v) is 2.99. The fourth-order valence-electron chi connectivity index (χ4n) is 0.977. The van der Waals surface area contributed by atoms with Gasteiger partial charge in [0.2, 0.25) is 0 Å². The second kappa shape index (κ2) is 2.20. The number of rotatable bonds is 1. The van der Waals surface area contributed by atoms with E-state index in [-0.39, 0.29) is 5.54 Å². The molecule has 2 atom stereocenters. The maximum Gasteiger partial charge on any atom is 0.102 e. The second-order valence-electron chi connectivity index (χ2n) is 2.99. The Morgan fingerprint density at radius 3 is 2.50 bits per heavy atom. The first kappa shape index (κ1) is 7.48. The molecule has 0 amide bonds. The maximum atomic E-state index is 9.27. The molecule has 0 bridgehead atoms. The summed E-state index contributed by atoms with van der Waals surface area (Å²) in [6, 6.07) is 0. The summed E-state index contributed by atoms with van der Waals surface area (Å²) in [5.74, 6) is 0. The van der Waals surface area contributed by atoms with Gasteiger partial charge in [-0.3, -0.25) is 4.99 Å². The molecule has 1 rings (SSSR count). The quantitative estimate of drug-likeness (QED) is 0.581. The molecule has 0 spiro atoms. The van der Waals surface area contributed by atoms with E-state index in [1.165, 1.54) is 0 Å². The van der Waals surface area contributed by atoms with Crippen LogP contribution in [0.25, 0.3) is 0 Å². The van der Waals surface area contributed by atoms with Gasteiger partial charge in [0.1, 0.15) is 5.54 Å². The summed E-state index contributed by atoms with van der Waals surface area (Å²) in [6.45, 7) is 5.61. The van der Waals surface area contributed by atoms with E-state index < -0.39 is 6.10 Å². The van der Waals surface area contributed by atoms with E-state index in [9.17, 15) is 5.11 Å². The lowest BCUT2D eigenvalue weighted by atomic mass is 9.98. The Hall–Kier alpha value is -0.630. The molecule has 0 saturated carbocycles. The standard InChI is InChI=1S/C8H13NO/c1-6-4-5-8(3,9-6)7(2)10/h4-5,7,10H,1-3H3. The molecule has 0 fully saturated rings. The Labute approximate surface area is 61.3 Å². The van der Waals surface area contributed by atoms with E-state index in [1.54, 1.807) is 6.92 Å². The summed E-state index contributed by atoms with van der Waals surface area (Å²) in [5.41, 5.74) is 0.618. The maximum absolute atomic E-state index is 9.27. The highest BCUT2D eigenvalue weighted by atomic mass is 16.3. The minimum Gasteiger partial charge on any atom is -0.391 e. The first-order valence-electron chi connectivity index (χ1n) is 3.48. The predicted molar refractivity (Wildman–Crippen MR) is 42.3 cm³/mol. The highest BCUT2D eigenvalue weighted by Gasteiger charge is 2.28. The van der Waals surface area contributed by atoms with E-state index >= 15 is 0 Å². The van der Waals surface area contributed by atoms with Crippen LogP contribution in [-0.4, -0.2) is 22.5 Å². The third-order valence-electron chi connectivity index (χ3n) is 1.93. The Kier molecular flexibility index (Phi) is 1.65. The summed E-state index contributed by atoms with van der Waals surface area (Å²) in [4.78, 5) is 4.28. The molecule has 0 aromatic carbocycles. The predicted octanol–water partition coefficient (Wildman–Crippen LogP) is 1.16. The van der Waals surface area contributed by atoms with Gasteiger partial charge in [-0.25, -0.2) is 0 Å².